The Morgan fingerprint density at radius 2 is 2.06 bits per heavy atom. The third kappa shape index (κ3) is 3.11. The lowest BCUT2D eigenvalue weighted by molar-refractivity contribution is 0.249. The zero-order valence-corrected chi connectivity index (χ0v) is 11.3. The average Bonchev–Trinajstić information content (AvgIpc) is 2.39. The van der Waals surface area contributed by atoms with Gasteiger partial charge in [0, 0.05) is 31.2 Å². The van der Waals surface area contributed by atoms with Crippen LogP contribution in [-0.2, 0) is 5.88 Å². The van der Waals surface area contributed by atoms with Crippen molar-refractivity contribution >= 4 is 17.4 Å². The van der Waals surface area contributed by atoms with Crippen molar-refractivity contribution in [2.75, 3.05) is 32.1 Å². The van der Waals surface area contributed by atoms with Gasteiger partial charge >= 0.3 is 0 Å². The van der Waals surface area contributed by atoms with Crippen LogP contribution in [0.2, 0.25) is 0 Å². The van der Waals surface area contributed by atoms with Crippen LogP contribution in [-0.4, -0.2) is 43.1 Å². The summed E-state index contributed by atoms with van der Waals surface area (Å²) in [5.41, 5.74) is 1.08. The smallest absolute Gasteiger partial charge is 0.128 e. The maximum Gasteiger partial charge on any atom is 0.128 e. The molecule has 94 valence electrons. The molecule has 2 heterocycles. The molecule has 0 amide bonds. The monoisotopic (exact) mass is 253 g/mol. The van der Waals surface area contributed by atoms with Gasteiger partial charge in [0.25, 0.3) is 0 Å². The summed E-state index contributed by atoms with van der Waals surface area (Å²) in [6, 6.07) is 4.86. The number of rotatable bonds is 3. The summed E-state index contributed by atoms with van der Waals surface area (Å²) >= 11 is 5.76. The standard InChI is InChI=1S/C13H20ClN3/c1-16(2)12-5-7-17(8-6-12)13-4-3-11(9-14)10-15-13/h3-4,10,12H,5-9H2,1-2H3. The third-order valence-corrected chi connectivity index (χ3v) is 3.79. The van der Waals surface area contributed by atoms with Crippen LogP contribution in [0.4, 0.5) is 5.82 Å². The molecule has 4 heteroatoms. The van der Waals surface area contributed by atoms with Crippen LogP contribution in [0, 0.1) is 0 Å². The van der Waals surface area contributed by atoms with Crippen LogP contribution >= 0.6 is 11.6 Å². The summed E-state index contributed by atoms with van der Waals surface area (Å²) in [6.45, 7) is 2.19. The number of halogens is 1. The van der Waals surface area contributed by atoms with E-state index in [1.54, 1.807) is 0 Å². The van der Waals surface area contributed by atoms with Gasteiger partial charge in [0.05, 0.1) is 0 Å². The van der Waals surface area contributed by atoms with E-state index in [0.29, 0.717) is 11.9 Å². The van der Waals surface area contributed by atoms with Crippen molar-refractivity contribution < 1.29 is 0 Å². The molecular formula is C13H20ClN3. The molecule has 1 aromatic rings. The van der Waals surface area contributed by atoms with Crippen LogP contribution in [0.1, 0.15) is 18.4 Å². The summed E-state index contributed by atoms with van der Waals surface area (Å²) < 4.78 is 0. The Hall–Kier alpha value is -0.800. The van der Waals surface area contributed by atoms with E-state index in [1.165, 1.54) is 12.8 Å². The second kappa shape index (κ2) is 5.69. The first kappa shape index (κ1) is 12.7. The van der Waals surface area contributed by atoms with Crippen molar-refractivity contribution in [1.82, 2.24) is 9.88 Å². The summed E-state index contributed by atoms with van der Waals surface area (Å²) in [7, 11) is 4.32. The highest BCUT2D eigenvalue weighted by Gasteiger charge is 2.21. The number of anilines is 1. The molecule has 0 radical (unpaired) electrons. The van der Waals surface area contributed by atoms with Crippen molar-refractivity contribution in [2.24, 2.45) is 0 Å². The number of piperidine rings is 1. The second-order valence-electron chi connectivity index (χ2n) is 4.84. The van der Waals surface area contributed by atoms with Gasteiger partial charge in [-0.15, -0.1) is 11.6 Å². The van der Waals surface area contributed by atoms with Gasteiger partial charge < -0.3 is 9.80 Å². The number of alkyl halides is 1. The molecule has 0 aliphatic carbocycles. The maximum absolute atomic E-state index is 5.76. The van der Waals surface area contributed by atoms with Gasteiger partial charge in [0.2, 0.25) is 0 Å². The van der Waals surface area contributed by atoms with E-state index in [2.05, 4.69) is 41.0 Å². The van der Waals surface area contributed by atoms with Crippen molar-refractivity contribution in [3.05, 3.63) is 23.9 Å². The van der Waals surface area contributed by atoms with Crippen molar-refractivity contribution in [1.29, 1.82) is 0 Å². The Balaban J connectivity index is 1.95. The number of pyridine rings is 1. The molecule has 2 rings (SSSR count). The van der Waals surface area contributed by atoms with Crippen LogP contribution in [0.25, 0.3) is 0 Å². The number of nitrogens with zero attached hydrogens (tertiary/aromatic N) is 3. The minimum atomic E-state index is 0.538. The Kier molecular flexibility index (Phi) is 4.24. The number of hydrogen-bond acceptors (Lipinski definition) is 3. The van der Waals surface area contributed by atoms with E-state index in [-0.39, 0.29) is 0 Å². The lowest BCUT2D eigenvalue weighted by atomic mass is 10.0. The highest BCUT2D eigenvalue weighted by atomic mass is 35.5. The first-order valence-electron chi connectivity index (χ1n) is 6.13. The molecule has 1 aliphatic rings. The summed E-state index contributed by atoms with van der Waals surface area (Å²) in [5, 5.41) is 0. The van der Waals surface area contributed by atoms with Gasteiger partial charge in [-0.3, -0.25) is 0 Å². The molecule has 0 atom stereocenters. The molecule has 3 nitrogen and oxygen atoms in total. The highest BCUT2D eigenvalue weighted by molar-refractivity contribution is 6.17. The zero-order chi connectivity index (χ0) is 12.3. The van der Waals surface area contributed by atoms with Crippen molar-refractivity contribution in [3.8, 4) is 0 Å². The molecule has 1 aromatic heterocycles. The number of hydrogen-bond donors (Lipinski definition) is 0. The molecular weight excluding hydrogens is 234 g/mol. The Labute approximate surface area is 108 Å². The Morgan fingerprint density at radius 3 is 2.53 bits per heavy atom. The lowest BCUT2D eigenvalue weighted by Gasteiger charge is -2.35. The zero-order valence-electron chi connectivity index (χ0n) is 10.6. The van der Waals surface area contributed by atoms with E-state index in [0.717, 1.165) is 24.5 Å². The predicted molar refractivity (Wildman–Crippen MR) is 72.7 cm³/mol. The van der Waals surface area contributed by atoms with Gasteiger partial charge in [-0.25, -0.2) is 4.98 Å². The molecule has 17 heavy (non-hydrogen) atoms. The van der Waals surface area contributed by atoms with Gasteiger partial charge in [-0.1, -0.05) is 6.07 Å². The minimum Gasteiger partial charge on any atom is -0.357 e. The number of aromatic nitrogens is 1. The lowest BCUT2D eigenvalue weighted by Crippen LogP contribution is -2.42. The molecule has 1 aliphatic heterocycles. The highest BCUT2D eigenvalue weighted by Crippen LogP contribution is 2.20. The van der Waals surface area contributed by atoms with Crippen molar-refractivity contribution in [3.63, 3.8) is 0 Å². The quantitative estimate of drug-likeness (QED) is 0.771. The fourth-order valence-electron chi connectivity index (χ4n) is 2.29. The van der Waals surface area contributed by atoms with E-state index in [1.807, 2.05) is 6.20 Å². The SMILES string of the molecule is CN(C)C1CCN(c2ccc(CCl)cn2)CC1. The normalized spacial score (nSPS) is 17.8. The topological polar surface area (TPSA) is 19.4 Å². The summed E-state index contributed by atoms with van der Waals surface area (Å²) in [4.78, 5) is 9.15. The minimum absolute atomic E-state index is 0.538. The molecule has 0 saturated carbocycles. The largest absolute Gasteiger partial charge is 0.357 e. The summed E-state index contributed by atoms with van der Waals surface area (Å²) in [6.07, 6.45) is 4.30. The van der Waals surface area contributed by atoms with Crippen LogP contribution < -0.4 is 4.90 Å². The Bertz CT molecular complexity index is 342. The first-order valence-corrected chi connectivity index (χ1v) is 6.66. The molecule has 0 aromatic carbocycles. The van der Waals surface area contributed by atoms with Gasteiger partial charge in [0.15, 0.2) is 0 Å². The maximum atomic E-state index is 5.76. The van der Waals surface area contributed by atoms with Gasteiger partial charge in [0.1, 0.15) is 5.82 Å². The van der Waals surface area contributed by atoms with Gasteiger partial charge in [-0.05, 0) is 38.6 Å². The first-order chi connectivity index (χ1) is 8.20. The molecule has 0 unspecified atom stereocenters. The third-order valence-electron chi connectivity index (χ3n) is 3.48. The molecule has 0 spiro atoms. The van der Waals surface area contributed by atoms with E-state index < -0.39 is 0 Å². The van der Waals surface area contributed by atoms with Crippen LogP contribution in [0.15, 0.2) is 18.3 Å². The fourth-order valence-corrected chi connectivity index (χ4v) is 2.45. The summed E-state index contributed by atoms with van der Waals surface area (Å²) in [5.74, 6) is 1.62. The van der Waals surface area contributed by atoms with Gasteiger partial charge in [-0.2, -0.15) is 0 Å². The van der Waals surface area contributed by atoms with Crippen LogP contribution in [0.5, 0.6) is 0 Å². The fraction of sp³-hybridized carbons (Fsp3) is 0.615. The van der Waals surface area contributed by atoms with E-state index in [9.17, 15) is 0 Å². The molecule has 0 N–H and O–H groups in total. The molecule has 1 saturated heterocycles. The predicted octanol–water partition coefficient (Wildman–Crippen LogP) is 2.35. The van der Waals surface area contributed by atoms with Crippen LogP contribution in [0.3, 0.4) is 0 Å². The van der Waals surface area contributed by atoms with E-state index >= 15 is 0 Å². The van der Waals surface area contributed by atoms with Crippen molar-refractivity contribution in [2.45, 2.75) is 24.8 Å². The average molecular weight is 254 g/mol. The molecule has 0 bridgehead atoms. The van der Waals surface area contributed by atoms with E-state index in [4.69, 9.17) is 11.6 Å². The second-order valence-corrected chi connectivity index (χ2v) is 5.11. The molecule has 1 fully saturated rings. The Morgan fingerprint density at radius 1 is 1.35 bits per heavy atom.